The average molecular weight is 292 g/mol. The molecule has 0 bridgehead atoms. The first-order valence-corrected chi connectivity index (χ1v) is 7.06. The number of anilines is 1. The van der Waals surface area contributed by atoms with Crippen LogP contribution in [0.25, 0.3) is 0 Å². The lowest BCUT2D eigenvalue weighted by Gasteiger charge is -2.32. The lowest BCUT2D eigenvalue weighted by atomic mass is 10.1. The Labute approximate surface area is 124 Å². The van der Waals surface area contributed by atoms with E-state index in [0.717, 1.165) is 0 Å². The number of amides is 1. The Balaban J connectivity index is 2.20. The largest absolute Gasteiger partial charge is 0.379 e. The van der Waals surface area contributed by atoms with Crippen LogP contribution in [-0.4, -0.2) is 34.7 Å². The fourth-order valence-corrected chi connectivity index (χ4v) is 2.67. The molecule has 1 fully saturated rings. The van der Waals surface area contributed by atoms with E-state index < -0.39 is 5.82 Å². The monoisotopic (exact) mass is 292 g/mol. The van der Waals surface area contributed by atoms with Gasteiger partial charge >= 0.3 is 0 Å². The number of hydrogen-bond acceptors (Lipinski definition) is 3. The summed E-state index contributed by atoms with van der Waals surface area (Å²) in [6.45, 7) is 7.84. The number of carbonyl (C=O) groups excluding carboxylic acids is 2. The molecule has 2 rings (SSSR count). The zero-order valence-corrected chi connectivity index (χ0v) is 12.9. The van der Waals surface area contributed by atoms with E-state index in [1.165, 1.54) is 13.0 Å². The predicted molar refractivity (Wildman–Crippen MR) is 79.9 cm³/mol. The van der Waals surface area contributed by atoms with Crippen LogP contribution in [0.5, 0.6) is 0 Å². The first kappa shape index (κ1) is 15.5. The molecule has 1 aromatic rings. The van der Waals surface area contributed by atoms with Gasteiger partial charge in [-0.15, -0.1) is 0 Å². The highest BCUT2D eigenvalue weighted by Gasteiger charge is 2.36. The van der Waals surface area contributed by atoms with Crippen LogP contribution >= 0.6 is 0 Å². The van der Waals surface area contributed by atoms with E-state index >= 15 is 0 Å². The minimum absolute atomic E-state index is 0.0548. The lowest BCUT2D eigenvalue weighted by Crippen LogP contribution is -2.43. The van der Waals surface area contributed by atoms with Crippen LogP contribution in [0.1, 0.15) is 44.5 Å². The summed E-state index contributed by atoms with van der Waals surface area (Å²) in [5.41, 5.74) is 0.272. The molecular formula is C16H21FN2O2. The Bertz CT molecular complexity index is 578. The average Bonchev–Trinajstić information content (AvgIpc) is 2.69. The van der Waals surface area contributed by atoms with E-state index in [0.29, 0.717) is 18.7 Å². The number of Topliss-reactive ketones (excluding diaryl/α,β-unsaturated/α-hetero) is 1. The number of rotatable bonds is 3. The van der Waals surface area contributed by atoms with Crippen molar-refractivity contribution in [3.63, 3.8) is 0 Å². The summed E-state index contributed by atoms with van der Waals surface area (Å²) in [6, 6.07) is 4.38. The van der Waals surface area contributed by atoms with Crippen LogP contribution in [0.4, 0.5) is 10.1 Å². The second-order valence-electron chi connectivity index (χ2n) is 6.44. The quantitative estimate of drug-likeness (QED) is 0.872. The Morgan fingerprint density at radius 2 is 2.05 bits per heavy atom. The normalized spacial score (nSPS) is 19.0. The van der Waals surface area contributed by atoms with Crippen molar-refractivity contribution >= 4 is 17.4 Å². The van der Waals surface area contributed by atoms with Gasteiger partial charge in [0, 0.05) is 24.2 Å². The Morgan fingerprint density at radius 3 is 2.57 bits per heavy atom. The number of nitrogens with one attached hydrogen (secondary N) is 1. The number of ketones is 1. The third-order valence-electron chi connectivity index (χ3n) is 3.66. The van der Waals surface area contributed by atoms with Crippen molar-refractivity contribution in [1.29, 1.82) is 0 Å². The summed E-state index contributed by atoms with van der Waals surface area (Å²) in [5, 5.41) is 3.14. The molecular weight excluding hydrogens is 271 g/mol. The van der Waals surface area contributed by atoms with Crippen LogP contribution < -0.4 is 5.32 Å². The van der Waals surface area contributed by atoms with Crippen LogP contribution in [0, 0.1) is 5.82 Å². The molecule has 1 aliphatic heterocycles. The van der Waals surface area contributed by atoms with Gasteiger partial charge in [-0.1, -0.05) is 6.07 Å². The minimum Gasteiger partial charge on any atom is -0.379 e. The van der Waals surface area contributed by atoms with Gasteiger partial charge in [-0.25, -0.2) is 4.39 Å². The number of hydrogen-bond donors (Lipinski definition) is 1. The minimum atomic E-state index is -0.537. The standard InChI is InChI=1S/C16H21FN2O2/c1-10(20)15-12(17)6-5-7-13(15)18-11-8-14(21)19(9-11)16(2,3)4/h5-7,11,18H,8-9H2,1-4H3. The molecule has 1 aromatic carbocycles. The number of halogens is 1. The smallest absolute Gasteiger partial charge is 0.225 e. The van der Waals surface area contributed by atoms with Crippen LogP contribution in [0.2, 0.25) is 0 Å². The van der Waals surface area contributed by atoms with E-state index in [4.69, 9.17) is 0 Å². The molecule has 0 radical (unpaired) electrons. The van der Waals surface area contributed by atoms with Crippen molar-refractivity contribution in [3.8, 4) is 0 Å². The summed E-state index contributed by atoms with van der Waals surface area (Å²) in [6.07, 6.45) is 0.352. The van der Waals surface area contributed by atoms with Gasteiger partial charge in [0.2, 0.25) is 5.91 Å². The molecule has 0 saturated carbocycles. The van der Waals surface area contributed by atoms with Crippen LogP contribution in [0.15, 0.2) is 18.2 Å². The maximum absolute atomic E-state index is 13.8. The topological polar surface area (TPSA) is 49.4 Å². The Morgan fingerprint density at radius 1 is 1.38 bits per heavy atom. The third-order valence-corrected chi connectivity index (χ3v) is 3.66. The molecule has 114 valence electrons. The fourth-order valence-electron chi connectivity index (χ4n) is 2.67. The summed E-state index contributed by atoms with van der Waals surface area (Å²) in [7, 11) is 0. The van der Waals surface area contributed by atoms with Gasteiger partial charge < -0.3 is 10.2 Å². The van der Waals surface area contributed by atoms with Gasteiger partial charge in [0.15, 0.2) is 5.78 Å². The second-order valence-corrected chi connectivity index (χ2v) is 6.44. The van der Waals surface area contributed by atoms with Crippen molar-refractivity contribution < 1.29 is 14.0 Å². The first-order valence-electron chi connectivity index (χ1n) is 7.06. The van der Waals surface area contributed by atoms with Gasteiger partial charge in [0.05, 0.1) is 11.6 Å². The van der Waals surface area contributed by atoms with Gasteiger partial charge in [-0.2, -0.15) is 0 Å². The summed E-state index contributed by atoms with van der Waals surface area (Å²) < 4.78 is 13.8. The van der Waals surface area contributed by atoms with E-state index in [9.17, 15) is 14.0 Å². The summed E-state index contributed by atoms with van der Waals surface area (Å²) in [4.78, 5) is 25.4. The molecule has 1 unspecified atom stereocenters. The molecule has 0 aromatic heterocycles. The van der Waals surface area contributed by atoms with Gasteiger partial charge in [0.25, 0.3) is 0 Å². The summed E-state index contributed by atoms with van der Waals surface area (Å²) in [5.74, 6) is -0.794. The van der Waals surface area contributed by atoms with Gasteiger partial charge in [-0.3, -0.25) is 9.59 Å². The highest BCUT2D eigenvalue weighted by Crippen LogP contribution is 2.26. The molecule has 1 aliphatic rings. The van der Waals surface area contributed by atoms with Gasteiger partial charge in [-0.05, 0) is 39.8 Å². The second kappa shape index (κ2) is 5.47. The van der Waals surface area contributed by atoms with E-state index in [-0.39, 0.29) is 28.8 Å². The first-order chi connectivity index (χ1) is 9.70. The van der Waals surface area contributed by atoms with Gasteiger partial charge in [0.1, 0.15) is 5.82 Å². The molecule has 1 N–H and O–H groups in total. The van der Waals surface area contributed by atoms with Crippen molar-refractivity contribution in [2.45, 2.75) is 45.7 Å². The molecule has 5 heteroatoms. The highest BCUT2D eigenvalue weighted by atomic mass is 19.1. The summed E-state index contributed by atoms with van der Waals surface area (Å²) >= 11 is 0. The molecule has 1 heterocycles. The molecule has 1 amide bonds. The number of carbonyl (C=O) groups is 2. The molecule has 0 aliphatic carbocycles. The predicted octanol–water partition coefficient (Wildman–Crippen LogP) is 2.84. The van der Waals surface area contributed by atoms with Crippen molar-refractivity contribution in [2.24, 2.45) is 0 Å². The lowest BCUT2D eigenvalue weighted by molar-refractivity contribution is -0.131. The zero-order chi connectivity index (χ0) is 15.8. The molecule has 0 spiro atoms. The molecule has 21 heavy (non-hydrogen) atoms. The molecule has 1 saturated heterocycles. The SMILES string of the molecule is CC(=O)c1c(F)cccc1NC1CC(=O)N(C(C)(C)C)C1. The fraction of sp³-hybridized carbons (Fsp3) is 0.500. The Hall–Kier alpha value is -1.91. The van der Waals surface area contributed by atoms with Crippen molar-refractivity contribution in [1.82, 2.24) is 4.90 Å². The third kappa shape index (κ3) is 3.23. The van der Waals surface area contributed by atoms with Crippen LogP contribution in [0.3, 0.4) is 0 Å². The van der Waals surface area contributed by atoms with E-state index in [1.807, 2.05) is 20.8 Å². The molecule has 1 atom stereocenters. The Kier molecular flexibility index (Phi) is 4.03. The number of benzene rings is 1. The number of likely N-dealkylation sites (tertiary alicyclic amines) is 1. The zero-order valence-electron chi connectivity index (χ0n) is 12.9. The van der Waals surface area contributed by atoms with Crippen molar-refractivity contribution in [3.05, 3.63) is 29.6 Å². The van der Waals surface area contributed by atoms with Crippen molar-refractivity contribution in [2.75, 3.05) is 11.9 Å². The molecule has 4 nitrogen and oxygen atoms in total. The van der Waals surface area contributed by atoms with E-state index in [2.05, 4.69) is 5.32 Å². The number of nitrogens with zero attached hydrogens (tertiary/aromatic N) is 1. The maximum Gasteiger partial charge on any atom is 0.225 e. The maximum atomic E-state index is 13.8. The van der Waals surface area contributed by atoms with E-state index in [1.54, 1.807) is 17.0 Å². The van der Waals surface area contributed by atoms with Crippen LogP contribution in [-0.2, 0) is 4.79 Å². The highest BCUT2D eigenvalue weighted by molar-refractivity contribution is 6.00.